The predicted molar refractivity (Wildman–Crippen MR) is 72.0 cm³/mol. The highest BCUT2D eigenvalue weighted by atomic mass is 19.2. The van der Waals surface area contributed by atoms with Gasteiger partial charge in [-0.2, -0.15) is 5.26 Å². The van der Waals surface area contributed by atoms with Crippen molar-refractivity contribution in [3.8, 4) is 6.07 Å². The number of nitrogens with one attached hydrogen (secondary N) is 1. The van der Waals surface area contributed by atoms with Crippen molar-refractivity contribution in [1.82, 2.24) is 4.98 Å². The summed E-state index contributed by atoms with van der Waals surface area (Å²) in [4.78, 5) is 4.22. The first-order chi connectivity index (χ1) is 9.67. The molecule has 20 heavy (non-hydrogen) atoms. The summed E-state index contributed by atoms with van der Waals surface area (Å²) in [5.74, 6) is -2.17. The summed E-state index contributed by atoms with van der Waals surface area (Å²) in [5.41, 5.74) is 1.56. The van der Waals surface area contributed by atoms with Gasteiger partial charge in [-0.1, -0.05) is 13.0 Å². The molecule has 1 aromatic heterocycles. The van der Waals surface area contributed by atoms with Crippen LogP contribution in [-0.4, -0.2) is 4.98 Å². The Labute approximate surface area is 115 Å². The maximum Gasteiger partial charge on any atom is 0.183 e. The van der Waals surface area contributed by atoms with Crippen molar-refractivity contribution >= 4 is 5.69 Å². The van der Waals surface area contributed by atoms with Crippen LogP contribution in [0.5, 0.6) is 0 Å². The minimum atomic E-state index is -1.13. The highest BCUT2D eigenvalue weighted by Crippen LogP contribution is 2.21. The van der Waals surface area contributed by atoms with E-state index in [4.69, 9.17) is 5.26 Å². The number of aromatic nitrogens is 1. The van der Waals surface area contributed by atoms with Crippen LogP contribution in [0.25, 0.3) is 0 Å². The average Bonchev–Trinajstić information content (AvgIpc) is 2.49. The van der Waals surface area contributed by atoms with Crippen LogP contribution >= 0.6 is 0 Å². The molecule has 1 heterocycles. The van der Waals surface area contributed by atoms with Crippen molar-refractivity contribution in [3.63, 3.8) is 0 Å². The van der Waals surface area contributed by atoms with Crippen LogP contribution in [0.4, 0.5) is 14.5 Å². The molecule has 5 heteroatoms. The Kier molecular flexibility index (Phi) is 4.26. The molecule has 0 fully saturated rings. The molecule has 0 aliphatic heterocycles. The molecule has 0 atom stereocenters. The Morgan fingerprint density at radius 1 is 1.25 bits per heavy atom. The Balaban J connectivity index is 2.20. The summed E-state index contributed by atoms with van der Waals surface area (Å²) < 4.78 is 27.2. The fourth-order valence-electron chi connectivity index (χ4n) is 1.90. The Morgan fingerprint density at radius 2 is 2.05 bits per heavy atom. The molecule has 102 valence electrons. The second-order valence-corrected chi connectivity index (χ2v) is 4.22. The van der Waals surface area contributed by atoms with E-state index in [-0.39, 0.29) is 11.3 Å². The zero-order chi connectivity index (χ0) is 14.5. The van der Waals surface area contributed by atoms with Crippen LogP contribution in [0.15, 0.2) is 30.5 Å². The topological polar surface area (TPSA) is 48.7 Å². The van der Waals surface area contributed by atoms with E-state index in [9.17, 15) is 8.78 Å². The van der Waals surface area contributed by atoms with E-state index in [0.29, 0.717) is 6.54 Å². The van der Waals surface area contributed by atoms with Crippen LogP contribution in [0.1, 0.15) is 23.7 Å². The average molecular weight is 273 g/mol. The standard InChI is InChI=1S/C15H13F2N3/c1-2-10-4-3-7-19-13(10)9-20-12-6-5-11(8-18)14(16)15(12)17/h3-7,20H,2,9H2,1H3. The Hall–Kier alpha value is -2.48. The summed E-state index contributed by atoms with van der Waals surface area (Å²) >= 11 is 0. The van der Waals surface area contributed by atoms with Gasteiger partial charge in [0, 0.05) is 6.20 Å². The van der Waals surface area contributed by atoms with E-state index < -0.39 is 11.6 Å². The third kappa shape index (κ3) is 2.75. The molecule has 0 unspecified atom stereocenters. The van der Waals surface area contributed by atoms with Crippen molar-refractivity contribution in [2.75, 3.05) is 5.32 Å². The van der Waals surface area contributed by atoms with Crippen molar-refractivity contribution in [3.05, 3.63) is 58.9 Å². The maximum atomic E-state index is 13.7. The number of hydrogen-bond acceptors (Lipinski definition) is 3. The molecule has 0 spiro atoms. The third-order valence-corrected chi connectivity index (χ3v) is 3.01. The zero-order valence-electron chi connectivity index (χ0n) is 11.0. The van der Waals surface area contributed by atoms with E-state index in [1.165, 1.54) is 12.1 Å². The number of halogens is 2. The third-order valence-electron chi connectivity index (χ3n) is 3.01. The molecule has 3 nitrogen and oxygen atoms in total. The number of hydrogen-bond donors (Lipinski definition) is 1. The first-order valence-corrected chi connectivity index (χ1v) is 6.22. The summed E-state index contributed by atoms with van der Waals surface area (Å²) in [6, 6.07) is 7.98. The number of nitrogens with zero attached hydrogens (tertiary/aromatic N) is 2. The fraction of sp³-hybridized carbons (Fsp3) is 0.200. The first kappa shape index (κ1) is 13.9. The van der Waals surface area contributed by atoms with Gasteiger partial charge in [-0.3, -0.25) is 4.98 Å². The number of benzene rings is 1. The Morgan fingerprint density at radius 3 is 2.75 bits per heavy atom. The Bertz CT molecular complexity index is 663. The van der Waals surface area contributed by atoms with Crippen LogP contribution < -0.4 is 5.32 Å². The number of pyridine rings is 1. The molecule has 1 aromatic carbocycles. The highest BCUT2D eigenvalue weighted by molar-refractivity contribution is 5.50. The summed E-state index contributed by atoms with van der Waals surface area (Å²) in [6.07, 6.45) is 2.47. The maximum absolute atomic E-state index is 13.7. The lowest BCUT2D eigenvalue weighted by Gasteiger charge is -2.10. The van der Waals surface area contributed by atoms with E-state index in [2.05, 4.69) is 10.3 Å². The van der Waals surface area contributed by atoms with Gasteiger partial charge in [-0.25, -0.2) is 8.78 Å². The van der Waals surface area contributed by atoms with Crippen molar-refractivity contribution in [1.29, 1.82) is 5.26 Å². The molecular weight excluding hydrogens is 260 g/mol. The van der Waals surface area contributed by atoms with Crippen molar-refractivity contribution < 1.29 is 8.78 Å². The second kappa shape index (κ2) is 6.11. The van der Waals surface area contributed by atoms with E-state index >= 15 is 0 Å². The minimum absolute atomic E-state index is 0.0224. The smallest absolute Gasteiger partial charge is 0.183 e. The molecular formula is C15H13F2N3. The number of anilines is 1. The van der Waals surface area contributed by atoms with Crippen LogP contribution in [0.3, 0.4) is 0 Å². The number of nitriles is 1. The molecule has 0 amide bonds. The van der Waals surface area contributed by atoms with Gasteiger partial charge in [0.05, 0.1) is 23.5 Å². The molecule has 0 radical (unpaired) electrons. The molecule has 2 rings (SSSR count). The largest absolute Gasteiger partial charge is 0.377 e. The van der Waals surface area contributed by atoms with Gasteiger partial charge in [0.25, 0.3) is 0 Å². The van der Waals surface area contributed by atoms with E-state index in [1.807, 2.05) is 19.1 Å². The monoisotopic (exact) mass is 273 g/mol. The van der Waals surface area contributed by atoms with Crippen LogP contribution in [-0.2, 0) is 13.0 Å². The van der Waals surface area contributed by atoms with E-state index in [0.717, 1.165) is 17.7 Å². The number of aryl methyl sites for hydroxylation is 1. The lowest BCUT2D eigenvalue weighted by atomic mass is 10.1. The minimum Gasteiger partial charge on any atom is -0.377 e. The van der Waals surface area contributed by atoms with Gasteiger partial charge >= 0.3 is 0 Å². The van der Waals surface area contributed by atoms with Crippen molar-refractivity contribution in [2.24, 2.45) is 0 Å². The first-order valence-electron chi connectivity index (χ1n) is 6.22. The second-order valence-electron chi connectivity index (χ2n) is 4.22. The van der Waals surface area contributed by atoms with Crippen LogP contribution in [0, 0.1) is 23.0 Å². The molecule has 0 saturated carbocycles. The molecule has 1 N–H and O–H groups in total. The van der Waals surface area contributed by atoms with Gasteiger partial charge < -0.3 is 5.32 Å². The van der Waals surface area contributed by atoms with Gasteiger partial charge in [-0.15, -0.1) is 0 Å². The van der Waals surface area contributed by atoms with Crippen molar-refractivity contribution in [2.45, 2.75) is 19.9 Å². The SMILES string of the molecule is CCc1cccnc1CNc1ccc(C#N)c(F)c1F. The van der Waals surface area contributed by atoms with Gasteiger partial charge in [-0.05, 0) is 30.2 Å². The molecule has 0 aliphatic carbocycles. The quantitative estimate of drug-likeness (QED) is 0.928. The fourth-order valence-corrected chi connectivity index (χ4v) is 1.90. The molecule has 0 bridgehead atoms. The lowest BCUT2D eigenvalue weighted by molar-refractivity contribution is 0.508. The van der Waals surface area contributed by atoms with Gasteiger partial charge in [0.2, 0.25) is 0 Å². The van der Waals surface area contributed by atoms with Gasteiger partial charge in [0.15, 0.2) is 11.6 Å². The molecule has 2 aromatic rings. The highest BCUT2D eigenvalue weighted by Gasteiger charge is 2.13. The molecule has 0 saturated heterocycles. The predicted octanol–water partition coefficient (Wildman–Crippen LogP) is 3.41. The zero-order valence-corrected chi connectivity index (χ0v) is 11.0. The van der Waals surface area contributed by atoms with Crippen LogP contribution in [0.2, 0.25) is 0 Å². The number of rotatable bonds is 4. The summed E-state index contributed by atoms with van der Waals surface area (Å²) in [5, 5.41) is 11.4. The summed E-state index contributed by atoms with van der Waals surface area (Å²) in [7, 11) is 0. The van der Waals surface area contributed by atoms with E-state index in [1.54, 1.807) is 12.3 Å². The van der Waals surface area contributed by atoms with Gasteiger partial charge in [0.1, 0.15) is 6.07 Å². The molecule has 0 aliphatic rings. The summed E-state index contributed by atoms with van der Waals surface area (Å²) in [6.45, 7) is 2.30. The normalized spacial score (nSPS) is 10.1. The lowest BCUT2D eigenvalue weighted by Crippen LogP contribution is -2.07.